The Kier molecular flexibility index (Phi) is 5.24. The fourth-order valence-electron chi connectivity index (χ4n) is 2.51. The van der Waals surface area contributed by atoms with E-state index in [1.807, 2.05) is 6.07 Å². The molecule has 1 aromatic heterocycles. The second-order valence-corrected chi connectivity index (χ2v) is 5.90. The summed E-state index contributed by atoms with van der Waals surface area (Å²) < 4.78 is 0. The largest absolute Gasteiger partial charge is 0.302 e. The van der Waals surface area contributed by atoms with E-state index < -0.39 is 10.8 Å². The van der Waals surface area contributed by atoms with E-state index in [9.17, 15) is 14.9 Å². The zero-order chi connectivity index (χ0) is 18.5. The highest BCUT2D eigenvalue weighted by Crippen LogP contribution is 2.25. The molecule has 1 amide bonds. The van der Waals surface area contributed by atoms with Crippen LogP contribution in [0.3, 0.4) is 0 Å². The Morgan fingerprint density at radius 1 is 1.04 bits per heavy atom. The van der Waals surface area contributed by atoms with Crippen molar-refractivity contribution in [3.63, 3.8) is 0 Å². The van der Waals surface area contributed by atoms with E-state index in [1.165, 1.54) is 23.1 Å². The molecule has 0 saturated heterocycles. The number of nitro benzene ring substituents is 1. The second kappa shape index (κ2) is 7.76. The number of nitro groups is 1. The van der Waals surface area contributed by atoms with Crippen LogP contribution >= 0.6 is 11.6 Å². The number of pyridine rings is 1. The zero-order valence-electron chi connectivity index (χ0n) is 13.6. The van der Waals surface area contributed by atoms with Crippen LogP contribution in [0.5, 0.6) is 0 Å². The lowest BCUT2D eigenvalue weighted by atomic mass is 10.1. The predicted octanol–water partition coefficient (Wildman–Crippen LogP) is 4.49. The number of halogens is 1. The van der Waals surface area contributed by atoms with Crippen LogP contribution in [0.1, 0.15) is 16.1 Å². The standard InChI is InChI=1S/C19H14ClN3O3/c20-14-8-10-16(11-9-14)22(13-15-5-3-4-12-21-15)19(24)17-6-1-2-7-18(17)23(25)26/h1-12H,13H2. The lowest BCUT2D eigenvalue weighted by molar-refractivity contribution is -0.385. The minimum Gasteiger partial charge on any atom is -0.302 e. The lowest BCUT2D eigenvalue weighted by Gasteiger charge is -2.22. The number of aromatic nitrogens is 1. The predicted molar refractivity (Wildman–Crippen MR) is 99.3 cm³/mol. The molecule has 0 saturated carbocycles. The fourth-order valence-corrected chi connectivity index (χ4v) is 2.64. The van der Waals surface area contributed by atoms with Crippen molar-refractivity contribution in [3.05, 3.63) is 99.3 Å². The maximum Gasteiger partial charge on any atom is 0.282 e. The van der Waals surface area contributed by atoms with E-state index >= 15 is 0 Å². The molecular weight excluding hydrogens is 354 g/mol. The van der Waals surface area contributed by atoms with Crippen molar-refractivity contribution in [2.45, 2.75) is 6.54 Å². The van der Waals surface area contributed by atoms with Gasteiger partial charge in [0.15, 0.2) is 0 Å². The number of anilines is 1. The molecule has 0 fully saturated rings. The molecule has 0 spiro atoms. The average molecular weight is 368 g/mol. The van der Waals surface area contributed by atoms with Gasteiger partial charge in [0, 0.05) is 23.0 Å². The van der Waals surface area contributed by atoms with E-state index in [4.69, 9.17) is 11.6 Å². The van der Waals surface area contributed by atoms with Crippen LogP contribution in [-0.2, 0) is 6.54 Å². The number of nitrogens with zero attached hydrogens (tertiary/aromatic N) is 3. The van der Waals surface area contributed by atoms with Crippen LogP contribution in [0.2, 0.25) is 5.02 Å². The summed E-state index contributed by atoms with van der Waals surface area (Å²) in [7, 11) is 0. The molecule has 7 heteroatoms. The summed E-state index contributed by atoms with van der Waals surface area (Å²) in [5.74, 6) is -0.481. The maximum atomic E-state index is 13.1. The van der Waals surface area contributed by atoms with Gasteiger partial charge in [0.05, 0.1) is 17.2 Å². The third-order valence-corrected chi connectivity index (χ3v) is 4.01. The van der Waals surface area contributed by atoms with Crippen LogP contribution in [0.25, 0.3) is 0 Å². The van der Waals surface area contributed by atoms with Crippen molar-refractivity contribution in [3.8, 4) is 0 Å². The smallest absolute Gasteiger partial charge is 0.282 e. The summed E-state index contributed by atoms with van der Waals surface area (Å²) in [6.45, 7) is 0.174. The molecule has 1 heterocycles. The summed E-state index contributed by atoms with van der Waals surface area (Å²) in [4.78, 5) is 29.5. The van der Waals surface area contributed by atoms with Gasteiger partial charge in [-0.05, 0) is 42.5 Å². The summed E-state index contributed by atoms with van der Waals surface area (Å²) in [5.41, 5.74) is 1.01. The maximum absolute atomic E-state index is 13.1. The Bertz CT molecular complexity index is 930. The number of benzene rings is 2. The first-order valence-electron chi connectivity index (χ1n) is 7.77. The Hall–Kier alpha value is -3.25. The SMILES string of the molecule is O=C(c1ccccc1[N+](=O)[O-])N(Cc1ccccn1)c1ccc(Cl)cc1. The molecule has 0 aliphatic heterocycles. The summed E-state index contributed by atoms with van der Waals surface area (Å²) in [6, 6.07) is 18.0. The van der Waals surface area contributed by atoms with Crippen molar-refractivity contribution in [2.75, 3.05) is 4.90 Å². The van der Waals surface area contributed by atoms with Crippen molar-refractivity contribution in [1.82, 2.24) is 4.98 Å². The van der Waals surface area contributed by atoms with Crippen molar-refractivity contribution < 1.29 is 9.72 Å². The molecule has 0 atom stereocenters. The Labute approximate surface area is 154 Å². The highest BCUT2D eigenvalue weighted by molar-refractivity contribution is 6.30. The fraction of sp³-hybridized carbons (Fsp3) is 0.0526. The van der Waals surface area contributed by atoms with Crippen molar-refractivity contribution >= 4 is 28.9 Å². The first-order valence-corrected chi connectivity index (χ1v) is 8.15. The molecule has 3 aromatic rings. The van der Waals surface area contributed by atoms with Crippen LogP contribution < -0.4 is 4.90 Å². The average Bonchev–Trinajstić information content (AvgIpc) is 2.67. The number of carbonyl (C=O) groups is 1. The first kappa shape index (κ1) is 17.6. The number of para-hydroxylation sites is 1. The third kappa shape index (κ3) is 3.87. The summed E-state index contributed by atoms with van der Waals surface area (Å²) in [6.07, 6.45) is 1.63. The van der Waals surface area contributed by atoms with Gasteiger partial charge in [-0.25, -0.2) is 0 Å². The summed E-state index contributed by atoms with van der Waals surface area (Å²) >= 11 is 5.93. The van der Waals surface area contributed by atoms with Gasteiger partial charge in [-0.1, -0.05) is 29.8 Å². The Morgan fingerprint density at radius 3 is 2.38 bits per heavy atom. The molecule has 6 nitrogen and oxygen atoms in total. The molecule has 130 valence electrons. The van der Waals surface area contributed by atoms with E-state index in [-0.39, 0.29) is 17.8 Å². The minimum atomic E-state index is -0.561. The number of hydrogen-bond donors (Lipinski definition) is 0. The van der Waals surface area contributed by atoms with Gasteiger partial charge in [-0.15, -0.1) is 0 Å². The molecule has 0 aliphatic rings. The normalized spacial score (nSPS) is 10.3. The number of carbonyl (C=O) groups excluding carboxylic acids is 1. The minimum absolute atomic E-state index is 0.0170. The second-order valence-electron chi connectivity index (χ2n) is 5.46. The number of rotatable bonds is 5. The number of hydrogen-bond acceptors (Lipinski definition) is 4. The van der Waals surface area contributed by atoms with Gasteiger partial charge in [-0.3, -0.25) is 19.9 Å². The van der Waals surface area contributed by atoms with Gasteiger partial charge < -0.3 is 4.90 Å². The van der Waals surface area contributed by atoms with Gasteiger partial charge in [-0.2, -0.15) is 0 Å². The molecular formula is C19H14ClN3O3. The molecule has 2 aromatic carbocycles. The first-order chi connectivity index (χ1) is 12.6. The molecule has 26 heavy (non-hydrogen) atoms. The van der Waals surface area contributed by atoms with E-state index in [0.717, 1.165) is 0 Å². The Morgan fingerprint density at radius 2 is 1.73 bits per heavy atom. The monoisotopic (exact) mass is 367 g/mol. The molecule has 0 bridgehead atoms. The van der Waals surface area contributed by atoms with Crippen LogP contribution in [0, 0.1) is 10.1 Å². The van der Waals surface area contributed by atoms with Gasteiger partial charge >= 0.3 is 0 Å². The van der Waals surface area contributed by atoms with Gasteiger partial charge in [0.25, 0.3) is 11.6 Å². The lowest BCUT2D eigenvalue weighted by Crippen LogP contribution is -2.31. The molecule has 0 N–H and O–H groups in total. The third-order valence-electron chi connectivity index (χ3n) is 3.76. The number of amides is 1. The van der Waals surface area contributed by atoms with Gasteiger partial charge in [0.1, 0.15) is 5.56 Å². The van der Waals surface area contributed by atoms with Crippen molar-refractivity contribution in [1.29, 1.82) is 0 Å². The van der Waals surface area contributed by atoms with Crippen LogP contribution in [-0.4, -0.2) is 15.8 Å². The van der Waals surface area contributed by atoms with Gasteiger partial charge in [0.2, 0.25) is 0 Å². The van der Waals surface area contributed by atoms with E-state index in [0.29, 0.717) is 16.4 Å². The van der Waals surface area contributed by atoms with Crippen molar-refractivity contribution in [2.24, 2.45) is 0 Å². The molecule has 0 unspecified atom stereocenters. The van der Waals surface area contributed by atoms with Crippen LogP contribution in [0.15, 0.2) is 72.9 Å². The summed E-state index contributed by atoms with van der Waals surface area (Å²) in [5, 5.41) is 11.8. The van der Waals surface area contributed by atoms with E-state index in [1.54, 1.807) is 48.7 Å². The molecule has 0 radical (unpaired) electrons. The highest BCUT2D eigenvalue weighted by Gasteiger charge is 2.25. The zero-order valence-corrected chi connectivity index (χ0v) is 14.3. The molecule has 0 aliphatic carbocycles. The molecule has 3 rings (SSSR count). The highest BCUT2D eigenvalue weighted by atomic mass is 35.5. The van der Waals surface area contributed by atoms with Crippen LogP contribution in [0.4, 0.5) is 11.4 Å². The Balaban J connectivity index is 2.04. The van der Waals surface area contributed by atoms with E-state index in [2.05, 4.69) is 4.98 Å². The topological polar surface area (TPSA) is 76.3 Å². The quantitative estimate of drug-likeness (QED) is 0.491.